The van der Waals surface area contributed by atoms with Crippen molar-refractivity contribution >= 4 is 11.8 Å². The van der Waals surface area contributed by atoms with Gasteiger partial charge < -0.3 is 19.9 Å². The number of fused-ring (bicyclic) bond motifs is 1. The average Bonchev–Trinajstić information content (AvgIpc) is 3.13. The number of carbonyl (C=O) groups is 2. The van der Waals surface area contributed by atoms with E-state index in [-0.39, 0.29) is 36.3 Å². The minimum Gasteiger partial charge on any atom is -0.375 e. The van der Waals surface area contributed by atoms with Crippen molar-refractivity contribution < 1.29 is 23.1 Å². The van der Waals surface area contributed by atoms with E-state index in [0.717, 1.165) is 19.0 Å². The molecule has 0 bridgehead atoms. The molecule has 170 valence electrons. The molecule has 0 aliphatic carbocycles. The van der Waals surface area contributed by atoms with E-state index in [1.165, 1.54) is 19.2 Å². The molecule has 8 heteroatoms. The number of methoxy groups -OCH3 is 1. The molecule has 1 aromatic carbocycles. The first-order valence-corrected chi connectivity index (χ1v) is 11.1. The minimum atomic E-state index is -0.590. The maximum Gasteiger partial charge on any atom is 0.248 e. The summed E-state index contributed by atoms with van der Waals surface area (Å²) < 4.78 is 33.0. The van der Waals surface area contributed by atoms with Gasteiger partial charge in [0.25, 0.3) is 0 Å². The highest BCUT2D eigenvalue weighted by atomic mass is 19.1. The third-order valence-corrected chi connectivity index (χ3v) is 7.43. The Morgan fingerprint density at radius 2 is 2.00 bits per heavy atom. The first kappa shape index (κ1) is 22.1. The van der Waals surface area contributed by atoms with E-state index in [4.69, 9.17) is 4.74 Å². The van der Waals surface area contributed by atoms with Gasteiger partial charge in [-0.1, -0.05) is 13.0 Å². The summed E-state index contributed by atoms with van der Waals surface area (Å²) in [4.78, 5) is 29.5. The number of hydrogen-bond donors (Lipinski definition) is 1. The third-order valence-electron chi connectivity index (χ3n) is 7.43. The predicted molar refractivity (Wildman–Crippen MR) is 111 cm³/mol. The van der Waals surface area contributed by atoms with Crippen LogP contribution in [0.25, 0.3) is 0 Å². The van der Waals surface area contributed by atoms with E-state index in [0.29, 0.717) is 44.6 Å². The van der Waals surface area contributed by atoms with E-state index >= 15 is 0 Å². The lowest BCUT2D eigenvalue weighted by molar-refractivity contribution is -0.149. The van der Waals surface area contributed by atoms with Crippen LogP contribution in [-0.2, 0) is 14.3 Å². The fraction of sp³-hybridized carbons (Fsp3) is 0.652. The van der Waals surface area contributed by atoms with Crippen LogP contribution in [0.1, 0.15) is 37.7 Å². The van der Waals surface area contributed by atoms with Crippen LogP contribution in [0.3, 0.4) is 0 Å². The molecule has 4 rings (SSSR count). The maximum absolute atomic E-state index is 14.6. The van der Waals surface area contributed by atoms with Crippen molar-refractivity contribution in [2.75, 3.05) is 46.4 Å². The molecular formula is C23H31F2N3O3. The predicted octanol–water partition coefficient (Wildman–Crippen LogP) is 2.14. The zero-order chi connectivity index (χ0) is 22.2. The van der Waals surface area contributed by atoms with Gasteiger partial charge in [0.15, 0.2) is 0 Å². The summed E-state index contributed by atoms with van der Waals surface area (Å²) in [7, 11) is 1.50. The Balaban J connectivity index is 1.52. The van der Waals surface area contributed by atoms with Crippen LogP contribution in [0.5, 0.6) is 0 Å². The van der Waals surface area contributed by atoms with Crippen molar-refractivity contribution in [3.63, 3.8) is 0 Å². The Kier molecular flexibility index (Phi) is 6.30. The summed E-state index contributed by atoms with van der Waals surface area (Å²) in [6.45, 7) is 5.08. The van der Waals surface area contributed by atoms with Crippen LogP contribution in [0.2, 0.25) is 0 Å². The van der Waals surface area contributed by atoms with E-state index < -0.39 is 17.0 Å². The van der Waals surface area contributed by atoms with E-state index in [1.807, 2.05) is 11.8 Å². The molecule has 3 atom stereocenters. The molecule has 0 radical (unpaired) electrons. The number of ether oxygens (including phenoxy) is 1. The number of hydrogen-bond acceptors (Lipinski definition) is 4. The van der Waals surface area contributed by atoms with Crippen LogP contribution in [0, 0.1) is 23.0 Å². The minimum absolute atomic E-state index is 0.0492. The van der Waals surface area contributed by atoms with E-state index in [9.17, 15) is 18.4 Å². The standard InChI is InChI=1S/C23H31F2N3O3/c1-23(6-9-27(10-7-23)21(29)14-31-2)22(30)28-13-18(17-12-26-8-5-20(17)28)16-4-3-15(24)11-19(16)25/h3-4,11,17-18,20,26H,5-10,12-14H2,1-2H3/t17-,18-,20-/m1/s1. The molecule has 2 amide bonds. The molecule has 0 spiro atoms. The van der Waals surface area contributed by atoms with E-state index in [2.05, 4.69) is 5.32 Å². The van der Waals surface area contributed by atoms with Crippen LogP contribution >= 0.6 is 0 Å². The van der Waals surface area contributed by atoms with Gasteiger partial charge in [-0.05, 0) is 37.4 Å². The summed E-state index contributed by atoms with van der Waals surface area (Å²) in [6.07, 6.45) is 2.02. The number of piperidine rings is 2. The summed E-state index contributed by atoms with van der Waals surface area (Å²) in [5.41, 5.74) is -0.0595. The topological polar surface area (TPSA) is 61.9 Å². The molecular weight excluding hydrogens is 404 g/mol. The summed E-state index contributed by atoms with van der Waals surface area (Å²) in [6, 6.07) is 3.80. The first-order valence-electron chi connectivity index (χ1n) is 11.1. The van der Waals surface area contributed by atoms with Crippen LogP contribution in [0.4, 0.5) is 8.78 Å². The normalized spacial score (nSPS) is 27.8. The van der Waals surface area contributed by atoms with Gasteiger partial charge in [0.05, 0.1) is 0 Å². The highest BCUT2D eigenvalue weighted by Crippen LogP contribution is 2.44. The third kappa shape index (κ3) is 4.20. The zero-order valence-electron chi connectivity index (χ0n) is 18.2. The van der Waals surface area contributed by atoms with Gasteiger partial charge in [0, 0.05) is 62.6 Å². The second kappa shape index (κ2) is 8.82. The van der Waals surface area contributed by atoms with E-state index in [1.54, 1.807) is 4.90 Å². The summed E-state index contributed by atoms with van der Waals surface area (Å²) in [5.74, 6) is -1.15. The maximum atomic E-state index is 14.6. The molecule has 31 heavy (non-hydrogen) atoms. The molecule has 3 aliphatic heterocycles. The number of carbonyl (C=O) groups excluding carboxylic acids is 2. The fourth-order valence-electron chi connectivity index (χ4n) is 5.54. The molecule has 6 nitrogen and oxygen atoms in total. The zero-order valence-corrected chi connectivity index (χ0v) is 18.2. The lowest BCUT2D eigenvalue weighted by atomic mass is 9.78. The molecule has 3 saturated heterocycles. The Bertz CT molecular complexity index is 841. The second-order valence-corrected chi connectivity index (χ2v) is 9.33. The largest absolute Gasteiger partial charge is 0.375 e. The van der Waals surface area contributed by atoms with Gasteiger partial charge in [-0.25, -0.2) is 8.78 Å². The Hall–Kier alpha value is -2.06. The van der Waals surface area contributed by atoms with Crippen molar-refractivity contribution in [1.82, 2.24) is 15.1 Å². The number of benzene rings is 1. The molecule has 3 aliphatic rings. The molecule has 3 fully saturated rings. The van der Waals surface area contributed by atoms with Crippen molar-refractivity contribution in [2.24, 2.45) is 11.3 Å². The Labute approximate surface area is 181 Å². The van der Waals surface area contributed by atoms with Crippen LogP contribution in [-0.4, -0.2) is 74.1 Å². The van der Waals surface area contributed by atoms with Crippen molar-refractivity contribution in [1.29, 1.82) is 0 Å². The molecule has 1 N–H and O–H groups in total. The van der Waals surface area contributed by atoms with Gasteiger partial charge in [0.1, 0.15) is 18.2 Å². The second-order valence-electron chi connectivity index (χ2n) is 9.33. The van der Waals surface area contributed by atoms with Crippen molar-refractivity contribution in [2.45, 2.75) is 38.1 Å². The summed E-state index contributed by atoms with van der Waals surface area (Å²) >= 11 is 0. The molecule has 3 heterocycles. The first-order chi connectivity index (χ1) is 14.8. The van der Waals surface area contributed by atoms with Gasteiger partial charge in [0.2, 0.25) is 11.8 Å². The number of amides is 2. The number of nitrogens with zero attached hydrogens (tertiary/aromatic N) is 2. The Morgan fingerprint density at radius 1 is 1.26 bits per heavy atom. The van der Waals surface area contributed by atoms with Gasteiger partial charge in [-0.15, -0.1) is 0 Å². The Morgan fingerprint density at radius 3 is 2.68 bits per heavy atom. The number of nitrogens with one attached hydrogen (secondary N) is 1. The molecule has 0 aromatic heterocycles. The van der Waals surface area contributed by atoms with Gasteiger partial charge in [-0.2, -0.15) is 0 Å². The summed E-state index contributed by atoms with van der Waals surface area (Å²) in [5, 5.41) is 3.38. The molecule has 1 aromatic rings. The SMILES string of the molecule is COCC(=O)N1CCC(C)(C(=O)N2C[C@H](c3ccc(F)cc3F)[C@H]3CNCC[C@H]32)CC1. The number of halogens is 2. The highest BCUT2D eigenvalue weighted by Gasteiger charge is 2.50. The fourth-order valence-corrected chi connectivity index (χ4v) is 5.54. The lowest BCUT2D eigenvalue weighted by Gasteiger charge is -2.42. The quantitative estimate of drug-likeness (QED) is 0.787. The molecule has 0 saturated carbocycles. The highest BCUT2D eigenvalue weighted by molar-refractivity contribution is 5.84. The van der Waals surface area contributed by atoms with Crippen molar-refractivity contribution in [3.8, 4) is 0 Å². The average molecular weight is 436 g/mol. The van der Waals surface area contributed by atoms with Crippen molar-refractivity contribution in [3.05, 3.63) is 35.4 Å². The van der Waals surface area contributed by atoms with Crippen LogP contribution in [0.15, 0.2) is 18.2 Å². The molecule has 0 unspecified atom stereocenters. The van der Waals surface area contributed by atoms with Crippen LogP contribution < -0.4 is 5.32 Å². The lowest BCUT2D eigenvalue weighted by Crippen LogP contribution is -2.53. The van der Waals surface area contributed by atoms with Gasteiger partial charge in [-0.3, -0.25) is 9.59 Å². The number of rotatable bonds is 4. The monoisotopic (exact) mass is 435 g/mol. The van der Waals surface area contributed by atoms with Gasteiger partial charge >= 0.3 is 0 Å². The smallest absolute Gasteiger partial charge is 0.248 e. The number of likely N-dealkylation sites (tertiary alicyclic amines) is 2.